The number of hydrogen-bond acceptors (Lipinski definition) is 3. The van der Waals surface area contributed by atoms with Crippen LogP contribution in [-0.2, 0) is 0 Å². The highest BCUT2D eigenvalue weighted by molar-refractivity contribution is 6.18. The number of hydrogen-bond donors (Lipinski definition) is 0. The van der Waals surface area contributed by atoms with Gasteiger partial charge in [-0.05, 0) is 88.1 Å². The van der Waals surface area contributed by atoms with Crippen LogP contribution >= 0.6 is 0 Å². The Bertz CT molecular complexity index is 2840. The third-order valence-corrected chi connectivity index (χ3v) is 9.66. The Morgan fingerprint density at radius 1 is 0.367 bits per heavy atom. The quantitative estimate of drug-likeness (QED) is 0.190. The molecule has 0 atom stereocenters. The Kier molecular flexibility index (Phi) is 6.18. The lowest BCUT2D eigenvalue weighted by Crippen LogP contribution is -2.10. The minimum absolute atomic E-state index is 0.859. The monoisotopic (exact) mass is 627 g/mol. The average molecular weight is 628 g/mol. The summed E-state index contributed by atoms with van der Waals surface area (Å²) in [5, 5.41) is 6.82. The van der Waals surface area contributed by atoms with Gasteiger partial charge in [0.15, 0.2) is 0 Å². The van der Waals surface area contributed by atoms with E-state index >= 15 is 0 Å². The molecule has 0 aliphatic carbocycles. The van der Waals surface area contributed by atoms with Crippen LogP contribution < -0.4 is 4.90 Å². The van der Waals surface area contributed by atoms with E-state index in [1.54, 1.807) is 0 Å². The minimum atomic E-state index is 0.859. The van der Waals surface area contributed by atoms with Gasteiger partial charge in [0, 0.05) is 33.1 Å². The first-order chi connectivity index (χ1) is 24.3. The zero-order chi connectivity index (χ0) is 32.3. The molecular weight excluding hydrogens is 599 g/mol. The van der Waals surface area contributed by atoms with Crippen LogP contribution in [0, 0.1) is 0 Å². The maximum atomic E-state index is 6.83. The predicted molar refractivity (Wildman–Crippen MR) is 204 cm³/mol. The normalized spacial score (nSPS) is 11.7. The van der Waals surface area contributed by atoms with Gasteiger partial charge in [-0.1, -0.05) is 115 Å². The van der Waals surface area contributed by atoms with Gasteiger partial charge in [0.05, 0.1) is 11.1 Å². The molecule has 230 valence electrons. The summed E-state index contributed by atoms with van der Waals surface area (Å²) in [4.78, 5) is 2.35. The van der Waals surface area contributed by atoms with Crippen LogP contribution in [0.1, 0.15) is 0 Å². The predicted octanol–water partition coefficient (Wildman–Crippen LogP) is 13.4. The summed E-state index contributed by atoms with van der Waals surface area (Å²) in [5.41, 5.74) is 11.1. The fourth-order valence-corrected chi connectivity index (χ4v) is 7.39. The van der Waals surface area contributed by atoms with Gasteiger partial charge in [0.25, 0.3) is 0 Å². The largest absolute Gasteiger partial charge is 0.456 e. The molecule has 0 unspecified atom stereocenters. The van der Waals surface area contributed by atoms with Gasteiger partial charge in [-0.15, -0.1) is 0 Å². The van der Waals surface area contributed by atoms with Crippen molar-refractivity contribution in [1.82, 2.24) is 0 Å². The Balaban J connectivity index is 1.21. The highest BCUT2D eigenvalue weighted by Gasteiger charge is 2.23. The highest BCUT2D eigenvalue weighted by Crippen LogP contribution is 2.48. The Hall–Kier alpha value is -6.58. The fraction of sp³-hybridized carbons (Fsp3) is 0. The van der Waals surface area contributed by atoms with Crippen molar-refractivity contribution >= 4 is 71.7 Å². The van der Waals surface area contributed by atoms with Crippen LogP contribution in [0.25, 0.3) is 76.9 Å². The zero-order valence-corrected chi connectivity index (χ0v) is 26.5. The van der Waals surface area contributed by atoms with Gasteiger partial charge in [-0.2, -0.15) is 0 Å². The van der Waals surface area contributed by atoms with Crippen LogP contribution in [0.5, 0.6) is 0 Å². The maximum Gasteiger partial charge on any atom is 0.145 e. The molecule has 10 rings (SSSR count). The molecule has 3 heteroatoms. The third-order valence-electron chi connectivity index (χ3n) is 9.66. The van der Waals surface area contributed by atoms with E-state index in [1.807, 2.05) is 18.2 Å². The lowest BCUT2D eigenvalue weighted by molar-refractivity contribution is 0.669. The molecule has 10 aromatic rings. The number of rotatable bonds is 5. The molecule has 0 aliphatic heterocycles. The molecule has 0 fully saturated rings. The molecule has 0 aliphatic rings. The van der Waals surface area contributed by atoms with E-state index in [2.05, 4.69) is 163 Å². The topological polar surface area (TPSA) is 29.5 Å². The van der Waals surface area contributed by atoms with E-state index in [0.29, 0.717) is 0 Å². The van der Waals surface area contributed by atoms with Crippen molar-refractivity contribution in [2.45, 2.75) is 0 Å². The molecule has 2 aromatic heterocycles. The standard InChI is InChI=1S/C46H29NO2/c1-2-14-33(15-3-1)47(34-24-22-30-12-4-5-13-31(30)28-34)41-27-26-39(46-45(41)40-19-9-11-21-43(40)49-46)36-17-7-6-16-35(36)32-23-25-38-37-18-8-10-20-42(37)48-44(38)29-32/h1-29H. The molecular formula is C46H29NO2. The lowest BCUT2D eigenvalue weighted by atomic mass is 9.92. The third kappa shape index (κ3) is 4.44. The van der Waals surface area contributed by atoms with E-state index in [9.17, 15) is 0 Å². The van der Waals surface area contributed by atoms with Gasteiger partial charge in [0.1, 0.15) is 22.3 Å². The highest BCUT2D eigenvalue weighted by atomic mass is 16.3. The SMILES string of the molecule is c1ccc(N(c2ccc3ccccc3c2)c2ccc(-c3ccccc3-c3ccc4c(c3)oc3ccccc34)c3oc4ccccc4c23)cc1. The molecule has 0 amide bonds. The van der Waals surface area contributed by atoms with Gasteiger partial charge in [0.2, 0.25) is 0 Å². The van der Waals surface area contributed by atoms with E-state index in [0.717, 1.165) is 83.2 Å². The summed E-state index contributed by atoms with van der Waals surface area (Å²) in [6, 6.07) is 62.0. The van der Waals surface area contributed by atoms with Gasteiger partial charge < -0.3 is 13.7 Å². The molecule has 0 spiro atoms. The van der Waals surface area contributed by atoms with E-state index in [4.69, 9.17) is 8.83 Å². The summed E-state index contributed by atoms with van der Waals surface area (Å²) in [7, 11) is 0. The second-order valence-corrected chi connectivity index (χ2v) is 12.5. The minimum Gasteiger partial charge on any atom is -0.456 e. The fourth-order valence-electron chi connectivity index (χ4n) is 7.39. The van der Waals surface area contributed by atoms with Gasteiger partial charge in [-0.25, -0.2) is 0 Å². The second-order valence-electron chi connectivity index (χ2n) is 12.5. The number of nitrogens with zero attached hydrogens (tertiary/aromatic N) is 1. The van der Waals surface area contributed by atoms with E-state index in [-0.39, 0.29) is 0 Å². The van der Waals surface area contributed by atoms with Crippen molar-refractivity contribution in [3.8, 4) is 22.3 Å². The van der Waals surface area contributed by atoms with Crippen molar-refractivity contribution in [2.24, 2.45) is 0 Å². The lowest BCUT2D eigenvalue weighted by Gasteiger charge is -2.27. The smallest absolute Gasteiger partial charge is 0.145 e. The van der Waals surface area contributed by atoms with Crippen LogP contribution in [-0.4, -0.2) is 0 Å². The molecule has 0 saturated carbocycles. The van der Waals surface area contributed by atoms with E-state index < -0.39 is 0 Å². The molecule has 49 heavy (non-hydrogen) atoms. The summed E-state index contributed by atoms with van der Waals surface area (Å²) in [5.74, 6) is 0. The summed E-state index contributed by atoms with van der Waals surface area (Å²) in [6.07, 6.45) is 0. The zero-order valence-electron chi connectivity index (χ0n) is 26.5. The van der Waals surface area contributed by atoms with Crippen molar-refractivity contribution < 1.29 is 8.83 Å². The Labute approximate surface area is 282 Å². The number of benzene rings is 8. The maximum absolute atomic E-state index is 6.83. The Morgan fingerprint density at radius 3 is 1.90 bits per heavy atom. The molecule has 8 aromatic carbocycles. The number of furan rings is 2. The first kappa shape index (κ1) is 27.5. The summed E-state index contributed by atoms with van der Waals surface area (Å²) >= 11 is 0. The molecule has 0 N–H and O–H groups in total. The van der Waals surface area contributed by atoms with Crippen LogP contribution in [0.2, 0.25) is 0 Å². The summed E-state index contributed by atoms with van der Waals surface area (Å²) in [6.45, 7) is 0. The number of para-hydroxylation sites is 3. The van der Waals surface area contributed by atoms with Crippen LogP contribution in [0.4, 0.5) is 17.1 Å². The Morgan fingerprint density at radius 2 is 1.04 bits per heavy atom. The summed E-state index contributed by atoms with van der Waals surface area (Å²) < 4.78 is 13.1. The molecule has 0 saturated heterocycles. The van der Waals surface area contributed by atoms with Crippen LogP contribution in [0.15, 0.2) is 185 Å². The molecule has 3 nitrogen and oxygen atoms in total. The van der Waals surface area contributed by atoms with Crippen molar-refractivity contribution in [3.05, 3.63) is 176 Å². The molecule has 0 bridgehead atoms. The van der Waals surface area contributed by atoms with Crippen molar-refractivity contribution in [3.63, 3.8) is 0 Å². The van der Waals surface area contributed by atoms with Crippen molar-refractivity contribution in [1.29, 1.82) is 0 Å². The molecule has 0 radical (unpaired) electrons. The number of fused-ring (bicyclic) bond motifs is 7. The first-order valence-corrected chi connectivity index (χ1v) is 16.6. The van der Waals surface area contributed by atoms with Gasteiger partial charge >= 0.3 is 0 Å². The number of anilines is 3. The van der Waals surface area contributed by atoms with Crippen molar-refractivity contribution in [2.75, 3.05) is 4.90 Å². The molecule has 2 heterocycles. The average Bonchev–Trinajstić information content (AvgIpc) is 3.74. The van der Waals surface area contributed by atoms with Crippen LogP contribution in [0.3, 0.4) is 0 Å². The second kappa shape index (κ2) is 11.0. The van der Waals surface area contributed by atoms with Gasteiger partial charge in [-0.3, -0.25) is 0 Å². The van der Waals surface area contributed by atoms with E-state index in [1.165, 1.54) is 10.8 Å². The first-order valence-electron chi connectivity index (χ1n) is 16.6.